The molecule has 0 radical (unpaired) electrons. The summed E-state index contributed by atoms with van der Waals surface area (Å²) in [6.07, 6.45) is 2.61. The highest BCUT2D eigenvalue weighted by Gasteiger charge is 2.30. The van der Waals surface area contributed by atoms with Crippen molar-refractivity contribution in [3.63, 3.8) is 0 Å². The van der Waals surface area contributed by atoms with E-state index < -0.39 is 0 Å². The third-order valence-corrected chi connectivity index (χ3v) is 4.79. The fourth-order valence-electron chi connectivity index (χ4n) is 2.31. The Morgan fingerprint density at radius 2 is 2.00 bits per heavy atom. The van der Waals surface area contributed by atoms with Gasteiger partial charge in [0.2, 0.25) is 0 Å². The molecule has 4 nitrogen and oxygen atoms in total. The van der Waals surface area contributed by atoms with Crippen LogP contribution in [-0.4, -0.2) is 43.1 Å². The van der Waals surface area contributed by atoms with Crippen LogP contribution in [0, 0.1) is 0 Å². The van der Waals surface area contributed by atoms with Gasteiger partial charge in [-0.2, -0.15) is 0 Å². The Morgan fingerprint density at radius 1 is 1.29 bits per heavy atom. The van der Waals surface area contributed by atoms with Crippen LogP contribution < -0.4 is 10.6 Å². The summed E-state index contributed by atoms with van der Waals surface area (Å²) in [4.78, 5) is 10.9. The van der Waals surface area contributed by atoms with Crippen molar-refractivity contribution in [1.29, 1.82) is 0 Å². The number of rotatable bonds is 3. The molecule has 1 saturated heterocycles. The Kier molecular flexibility index (Phi) is 3.06. The minimum atomic E-state index is 0.650. The molecule has 1 aliphatic carbocycles. The molecule has 0 atom stereocenters. The smallest absolute Gasteiger partial charge is 0.185 e. The number of nitrogens with zero attached hydrogens (tertiary/aromatic N) is 3. The van der Waals surface area contributed by atoms with E-state index in [2.05, 4.69) is 16.8 Å². The minimum absolute atomic E-state index is 0.650. The molecule has 1 aromatic heterocycles. The van der Waals surface area contributed by atoms with E-state index in [0.717, 1.165) is 26.2 Å². The predicted octanol–water partition coefficient (Wildman–Crippen LogP) is 1.23. The molecule has 0 aromatic carbocycles. The fraction of sp³-hybridized carbons (Fsp3) is 0.750. The first-order valence-corrected chi connectivity index (χ1v) is 7.22. The van der Waals surface area contributed by atoms with Crippen LogP contribution in [0.2, 0.25) is 0 Å². The van der Waals surface area contributed by atoms with Gasteiger partial charge < -0.3 is 15.5 Å². The Hall–Kier alpha value is -0.650. The molecule has 1 aliphatic heterocycles. The number of likely N-dealkylation sites (N-methyl/N-ethyl adjacent to an activating group) is 1. The lowest BCUT2D eigenvalue weighted by atomic mass is 10.2. The van der Waals surface area contributed by atoms with Gasteiger partial charge in [0.25, 0.3) is 0 Å². The molecule has 1 saturated carbocycles. The Morgan fingerprint density at radius 3 is 2.59 bits per heavy atom. The highest BCUT2D eigenvalue weighted by atomic mass is 32.1. The van der Waals surface area contributed by atoms with E-state index in [1.807, 2.05) is 0 Å². The Bertz CT molecular complexity index is 391. The van der Waals surface area contributed by atoms with E-state index in [0.29, 0.717) is 12.5 Å². The molecule has 3 rings (SSSR count). The van der Waals surface area contributed by atoms with Gasteiger partial charge in [-0.1, -0.05) is 0 Å². The monoisotopic (exact) mass is 252 g/mol. The van der Waals surface area contributed by atoms with Gasteiger partial charge in [-0.05, 0) is 19.9 Å². The molecule has 0 bridgehead atoms. The van der Waals surface area contributed by atoms with Gasteiger partial charge in [0, 0.05) is 43.5 Å². The van der Waals surface area contributed by atoms with Crippen LogP contribution in [0.15, 0.2) is 0 Å². The van der Waals surface area contributed by atoms with Gasteiger partial charge in [0.1, 0.15) is 0 Å². The summed E-state index contributed by atoms with van der Waals surface area (Å²) in [5.41, 5.74) is 7.12. The summed E-state index contributed by atoms with van der Waals surface area (Å²) >= 11 is 1.81. The quantitative estimate of drug-likeness (QED) is 0.879. The van der Waals surface area contributed by atoms with E-state index >= 15 is 0 Å². The van der Waals surface area contributed by atoms with Crippen molar-refractivity contribution >= 4 is 16.5 Å². The second kappa shape index (κ2) is 4.55. The number of aromatic nitrogens is 1. The SMILES string of the molecule is CN1CCN(c2nc(C3CC3)c(CN)s2)CC1. The van der Waals surface area contributed by atoms with Crippen LogP contribution in [-0.2, 0) is 6.54 Å². The number of hydrogen-bond acceptors (Lipinski definition) is 5. The van der Waals surface area contributed by atoms with E-state index in [1.54, 1.807) is 11.3 Å². The van der Waals surface area contributed by atoms with Crippen LogP contribution in [0.5, 0.6) is 0 Å². The molecule has 94 valence electrons. The van der Waals surface area contributed by atoms with Crippen molar-refractivity contribution < 1.29 is 0 Å². The molecule has 17 heavy (non-hydrogen) atoms. The zero-order valence-corrected chi connectivity index (χ0v) is 11.2. The molecule has 0 spiro atoms. The van der Waals surface area contributed by atoms with Gasteiger partial charge in [-0.15, -0.1) is 11.3 Å². The van der Waals surface area contributed by atoms with Gasteiger partial charge in [-0.3, -0.25) is 0 Å². The largest absolute Gasteiger partial charge is 0.346 e. The summed E-state index contributed by atoms with van der Waals surface area (Å²) < 4.78 is 0. The summed E-state index contributed by atoms with van der Waals surface area (Å²) in [5, 5.41) is 1.19. The maximum Gasteiger partial charge on any atom is 0.185 e. The zero-order chi connectivity index (χ0) is 11.8. The molecular formula is C12H20N4S. The Balaban J connectivity index is 1.78. The van der Waals surface area contributed by atoms with Crippen molar-refractivity contribution in [2.45, 2.75) is 25.3 Å². The first-order valence-electron chi connectivity index (χ1n) is 6.41. The van der Waals surface area contributed by atoms with Crippen LogP contribution in [0.3, 0.4) is 0 Å². The lowest BCUT2D eigenvalue weighted by Gasteiger charge is -2.32. The van der Waals surface area contributed by atoms with Crippen molar-refractivity contribution in [2.24, 2.45) is 5.73 Å². The molecule has 2 fully saturated rings. The lowest BCUT2D eigenvalue weighted by Crippen LogP contribution is -2.44. The molecule has 2 N–H and O–H groups in total. The molecule has 5 heteroatoms. The van der Waals surface area contributed by atoms with Gasteiger partial charge in [-0.25, -0.2) is 4.98 Å². The molecule has 0 amide bonds. The molecule has 2 heterocycles. The fourth-order valence-corrected chi connectivity index (χ4v) is 3.38. The zero-order valence-electron chi connectivity index (χ0n) is 10.4. The average Bonchev–Trinajstić information content (AvgIpc) is 3.10. The van der Waals surface area contributed by atoms with Crippen LogP contribution in [0.25, 0.3) is 0 Å². The van der Waals surface area contributed by atoms with Gasteiger partial charge in [0.15, 0.2) is 5.13 Å². The summed E-state index contributed by atoms with van der Waals surface area (Å²) in [7, 11) is 2.18. The maximum atomic E-state index is 5.82. The van der Waals surface area contributed by atoms with Crippen LogP contribution >= 0.6 is 11.3 Å². The summed E-state index contributed by atoms with van der Waals surface area (Å²) in [6.45, 7) is 5.11. The van der Waals surface area contributed by atoms with Gasteiger partial charge in [0.05, 0.1) is 5.69 Å². The van der Waals surface area contributed by atoms with Crippen LogP contribution in [0.1, 0.15) is 29.3 Å². The second-order valence-electron chi connectivity index (χ2n) is 5.07. The van der Waals surface area contributed by atoms with Crippen molar-refractivity contribution in [3.05, 3.63) is 10.6 Å². The van der Waals surface area contributed by atoms with Crippen molar-refractivity contribution in [3.8, 4) is 0 Å². The predicted molar refractivity (Wildman–Crippen MR) is 71.7 cm³/mol. The van der Waals surface area contributed by atoms with E-state index in [4.69, 9.17) is 10.7 Å². The highest BCUT2D eigenvalue weighted by molar-refractivity contribution is 7.15. The number of thiazole rings is 1. The number of piperazine rings is 1. The number of nitrogens with two attached hydrogens (primary N) is 1. The third kappa shape index (κ3) is 2.32. The molecule has 0 unspecified atom stereocenters. The lowest BCUT2D eigenvalue weighted by molar-refractivity contribution is 0.312. The second-order valence-corrected chi connectivity index (χ2v) is 6.14. The normalized spacial score (nSPS) is 22.1. The minimum Gasteiger partial charge on any atom is -0.346 e. The third-order valence-electron chi connectivity index (χ3n) is 3.64. The van der Waals surface area contributed by atoms with Gasteiger partial charge >= 0.3 is 0 Å². The average molecular weight is 252 g/mol. The molecular weight excluding hydrogens is 232 g/mol. The first-order chi connectivity index (χ1) is 8.28. The van der Waals surface area contributed by atoms with Crippen molar-refractivity contribution in [1.82, 2.24) is 9.88 Å². The maximum absolute atomic E-state index is 5.82. The van der Waals surface area contributed by atoms with E-state index in [-0.39, 0.29) is 0 Å². The number of hydrogen-bond donors (Lipinski definition) is 1. The topological polar surface area (TPSA) is 45.4 Å². The standard InChI is InChI=1S/C12H20N4S/c1-15-4-6-16(7-5-15)12-14-11(9-2-3-9)10(8-13)17-12/h9H,2-8,13H2,1H3. The number of anilines is 1. The highest BCUT2D eigenvalue weighted by Crippen LogP contribution is 2.44. The Labute approximate surface area is 106 Å². The first kappa shape index (κ1) is 11.4. The molecule has 1 aromatic rings. The summed E-state index contributed by atoms with van der Waals surface area (Å²) in [5.74, 6) is 0.714. The van der Waals surface area contributed by atoms with E-state index in [1.165, 1.54) is 28.5 Å². The van der Waals surface area contributed by atoms with E-state index in [9.17, 15) is 0 Å². The van der Waals surface area contributed by atoms with Crippen LogP contribution in [0.4, 0.5) is 5.13 Å². The summed E-state index contributed by atoms with van der Waals surface area (Å²) in [6, 6.07) is 0. The molecule has 2 aliphatic rings. The van der Waals surface area contributed by atoms with Crippen molar-refractivity contribution in [2.75, 3.05) is 38.1 Å².